The Hall–Kier alpha value is -1.48. The predicted octanol–water partition coefficient (Wildman–Crippen LogP) is 1.73. The van der Waals surface area contributed by atoms with Crippen LogP contribution in [0.3, 0.4) is 0 Å². The van der Waals surface area contributed by atoms with E-state index >= 15 is 0 Å². The quantitative estimate of drug-likeness (QED) is 0.774. The molecule has 1 aromatic carbocycles. The molecule has 2 N–H and O–H groups in total. The smallest absolute Gasteiger partial charge is 0.128 e. The summed E-state index contributed by atoms with van der Waals surface area (Å²) in [6, 6.07) is 3.75. The molecule has 3 heteroatoms. The van der Waals surface area contributed by atoms with Crippen molar-refractivity contribution in [2.24, 2.45) is 5.73 Å². The normalized spacial score (nSPS) is 18.1. The second-order valence-electron chi connectivity index (χ2n) is 3.22. The van der Waals surface area contributed by atoms with Gasteiger partial charge in [0.15, 0.2) is 0 Å². The molecule has 0 amide bonds. The molecule has 0 spiro atoms. The van der Waals surface area contributed by atoms with Crippen LogP contribution in [-0.4, -0.2) is 14.2 Å². The van der Waals surface area contributed by atoms with Crippen molar-refractivity contribution < 1.29 is 9.47 Å². The number of fused-ring (bicyclic) bond motifs is 1. The molecule has 74 valence electrons. The molecule has 3 nitrogen and oxygen atoms in total. The molecule has 0 aliphatic heterocycles. The van der Waals surface area contributed by atoms with Gasteiger partial charge < -0.3 is 15.2 Å². The van der Waals surface area contributed by atoms with Gasteiger partial charge in [-0.25, -0.2) is 0 Å². The van der Waals surface area contributed by atoms with E-state index < -0.39 is 0 Å². The summed E-state index contributed by atoms with van der Waals surface area (Å²) in [5.41, 5.74) is 8.02. The first-order chi connectivity index (χ1) is 6.76. The average Bonchev–Trinajstić information content (AvgIpc) is 2.59. The molecule has 0 saturated carbocycles. The van der Waals surface area contributed by atoms with Crippen molar-refractivity contribution in [2.45, 2.75) is 6.04 Å². The Morgan fingerprint density at radius 2 is 2.00 bits per heavy atom. The Morgan fingerprint density at radius 3 is 2.64 bits per heavy atom. The van der Waals surface area contributed by atoms with Crippen molar-refractivity contribution >= 4 is 6.08 Å². The Balaban J connectivity index is 2.57. The summed E-state index contributed by atoms with van der Waals surface area (Å²) in [5.74, 6) is 1.58. The summed E-state index contributed by atoms with van der Waals surface area (Å²) in [4.78, 5) is 0. The van der Waals surface area contributed by atoms with E-state index in [2.05, 4.69) is 0 Å². The minimum absolute atomic E-state index is 0.0640. The minimum atomic E-state index is -0.0640. The van der Waals surface area contributed by atoms with E-state index in [4.69, 9.17) is 15.2 Å². The van der Waals surface area contributed by atoms with Crippen molar-refractivity contribution in [3.05, 3.63) is 29.3 Å². The van der Waals surface area contributed by atoms with Gasteiger partial charge in [-0.2, -0.15) is 0 Å². The second-order valence-corrected chi connectivity index (χ2v) is 3.22. The van der Waals surface area contributed by atoms with Gasteiger partial charge in [-0.05, 0) is 11.6 Å². The van der Waals surface area contributed by atoms with Gasteiger partial charge in [-0.1, -0.05) is 12.2 Å². The predicted molar refractivity (Wildman–Crippen MR) is 55.5 cm³/mol. The van der Waals surface area contributed by atoms with Crippen molar-refractivity contribution in [3.8, 4) is 11.5 Å². The molecule has 0 fully saturated rings. The fraction of sp³-hybridized carbons (Fsp3) is 0.273. The monoisotopic (exact) mass is 191 g/mol. The van der Waals surface area contributed by atoms with Crippen LogP contribution in [0.2, 0.25) is 0 Å². The SMILES string of the molecule is COc1cc2c(c(OC)c1)C(N)C=C2. The fourth-order valence-electron chi connectivity index (χ4n) is 1.71. The van der Waals surface area contributed by atoms with Crippen LogP contribution >= 0.6 is 0 Å². The van der Waals surface area contributed by atoms with Gasteiger partial charge >= 0.3 is 0 Å². The van der Waals surface area contributed by atoms with Crippen LogP contribution in [0, 0.1) is 0 Å². The lowest BCUT2D eigenvalue weighted by atomic mass is 10.1. The number of rotatable bonds is 2. The van der Waals surface area contributed by atoms with Gasteiger partial charge in [-0.3, -0.25) is 0 Å². The topological polar surface area (TPSA) is 44.5 Å². The molecule has 0 heterocycles. The summed E-state index contributed by atoms with van der Waals surface area (Å²) in [7, 11) is 3.28. The zero-order valence-electron chi connectivity index (χ0n) is 8.28. The van der Waals surface area contributed by atoms with Gasteiger partial charge in [0.05, 0.1) is 20.3 Å². The lowest BCUT2D eigenvalue weighted by Gasteiger charge is -2.12. The van der Waals surface area contributed by atoms with E-state index in [0.29, 0.717) is 0 Å². The van der Waals surface area contributed by atoms with Crippen molar-refractivity contribution in [3.63, 3.8) is 0 Å². The highest BCUT2D eigenvalue weighted by Gasteiger charge is 2.19. The third-order valence-electron chi connectivity index (χ3n) is 2.42. The standard InChI is InChI=1S/C11H13NO2/c1-13-8-5-7-3-4-9(12)11(7)10(6-8)14-2/h3-6,9H,12H2,1-2H3. The number of hydrogen-bond donors (Lipinski definition) is 1. The second kappa shape index (κ2) is 3.35. The Bertz CT molecular complexity index is 385. The molecule has 1 aliphatic carbocycles. The van der Waals surface area contributed by atoms with Gasteiger partial charge in [0.25, 0.3) is 0 Å². The van der Waals surface area contributed by atoms with E-state index in [9.17, 15) is 0 Å². The first-order valence-corrected chi connectivity index (χ1v) is 4.46. The van der Waals surface area contributed by atoms with Crippen LogP contribution in [0.1, 0.15) is 17.2 Å². The number of methoxy groups -OCH3 is 2. The molecule has 0 bridgehead atoms. The largest absolute Gasteiger partial charge is 0.497 e. The lowest BCUT2D eigenvalue weighted by molar-refractivity contribution is 0.390. The molecular weight excluding hydrogens is 178 g/mol. The maximum atomic E-state index is 5.91. The molecule has 1 atom stereocenters. The average molecular weight is 191 g/mol. The highest BCUT2D eigenvalue weighted by Crippen LogP contribution is 2.37. The van der Waals surface area contributed by atoms with Gasteiger partial charge in [0, 0.05) is 11.6 Å². The van der Waals surface area contributed by atoms with Crippen LogP contribution in [0.4, 0.5) is 0 Å². The van der Waals surface area contributed by atoms with Crippen molar-refractivity contribution in [2.75, 3.05) is 14.2 Å². The molecule has 0 aromatic heterocycles. The third-order valence-corrected chi connectivity index (χ3v) is 2.42. The van der Waals surface area contributed by atoms with E-state index in [-0.39, 0.29) is 6.04 Å². The van der Waals surface area contributed by atoms with Crippen LogP contribution in [0.5, 0.6) is 11.5 Å². The zero-order chi connectivity index (χ0) is 10.1. The van der Waals surface area contributed by atoms with E-state index in [1.165, 1.54) is 0 Å². The van der Waals surface area contributed by atoms with Crippen LogP contribution < -0.4 is 15.2 Å². The van der Waals surface area contributed by atoms with E-state index in [0.717, 1.165) is 22.6 Å². The van der Waals surface area contributed by atoms with Crippen LogP contribution in [0.15, 0.2) is 18.2 Å². The molecule has 1 unspecified atom stereocenters. The molecule has 0 saturated heterocycles. The van der Waals surface area contributed by atoms with E-state index in [1.54, 1.807) is 14.2 Å². The Kier molecular flexibility index (Phi) is 2.17. The summed E-state index contributed by atoms with van der Waals surface area (Å²) in [6.45, 7) is 0. The van der Waals surface area contributed by atoms with E-state index in [1.807, 2.05) is 24.3 Å². The van der Waals surface area contributed by atoms with Crippen molar-refractivity contribution in [1.29, 1.82) is 0 Å². The maximum Gasteiger partial charge on any atom is 0.128 e. The number of hydrogen-bond acceptors (Lipinski definition) is 3. The first-order valence-electron chi connectivity index (χ1n) is 4.46. The summed E-state index contributed by atoms with van der Waals surface area (Å²) >= 11 is 0. The van der Waals surface area contributed by atoms with Crippen LogP contribution in [0.25, 0.3) is 6.08 Å². The van der Waals surface area contributed by atoms with Crippen LogP contribution in [-0.2, 0) is 0 Å². The molecular formula is C11H13NO2. The van der Waals surface area contributed by atoms with Gasteiger partial charge in [0.1, 0.15) is 11.5 Å². The third kappa shape index (κ3) is 1.26. The number of benzene rings is 1. The minimum Gasteiger partial charge on any atom is -0.497 e. The number of ether oxygens (including phenoxy) is 2. The highest BCUT2D eigenvalue weighted by molar-refractivity contribution is 5.68. The fourth-order valence-corrected chi connectivity index (χ4v) is 1.71. The summed E-state index contributed by atoms with van der Waals surface area (Å²) in [5, 5.41) is 0. The first kappa shape index (κ1) is 9.09. The molecule has 1 aromatic rings. The summed E-state index contributed by atoms with van der Waals surface area (Å²) in [6.07, 6.45) is 3.94. The lowest BCUT2D eigenvalue weighted by Crippen LogP contribution is -2.06. The number of nitrogens with two attached hydrogens (primary N) is 1. The molecule has 2 rings (SSSR count). The van der Waals surface area contributed by atoms with Gasteiger partial charge in [-0.15, -0.1) is 0 Å². The highest BCUT2D eigenvalue weighted by atomic mass is 16.5. The van der Waals surface area contributed by atoms with Crippen molar-refractivity contribution in [1.82, 2.24) is 0 Å². The summed E-state index contributed by atoms with van der Waals surface area (Å²) < 4.78 is 10.4. The maximum absolute atomic E-state index is 5.91. The Labute approximate surface area is 83.1 Å². The zero-order valence-corrected chi connectivity index (χ0v) is 8.28. The molecule has 14 heavy (non-hydrogen) atoms. The van der Waals surface area contributed by atoms with Gasteiger partial charge in [0.2, 0.25) is 0 Å². The molecule has 0 radical (unpaired) electrons. The Morgan fingerprint density at radius 1 is 1.21 bits per heavy atom. The molecule has 1 aliphatic rings.